The number of amides is 4. The SMILES string of the molecule is CCC1(S(=O)(=O)NC(=O)[C@@]23C[C@H]2/C=C\CC[C@@H](C)C[C@@H](C)[C@H](NC(=O)OC(C)(C)C)C(=O)N2C[C@H](Oc4nccc5cc(OC)c(F)cc45)C[C@H]2C(=O)N3)CC1. The van der Waals surface area contributed by atoms with Crippen molar-refractivity contribution in [3.05, 3.63) is 42.4 Å². The fourth-order valence-corrected chi connectivity index (χ4v) is 9.74. The fraction of sp³-hybridized carbons (Fsp3) is 0.625. The number of allylic oxidation sites excluding steroid dienone is 1. The Bertz CT molecular complexity index is 2020. The number of halogens is 1. The zero-order valence-corrected chi connectivity index (χ0v) is 34.0. The third kappa shape index (κ3) is 8.44. The monoisotopic (exact) mass is 799 g/mol. The molecule has 3 fully saturated rings. The molecule has 16 heteroatoms. The first-order valence-electron chi connectivity index (χ1n) is 19.5. The van der Waals surface area contributed by atoms with Gasteiger partial charge < -0.3 is 29.7 Å². The lowest BCUT2D eigenvalue weighted by Crippen LogP contribution is -2.59. The zero-order chi connectivity index (χ0) is 40.8. The number of hydrogen-bond donors (Lipinski definition) is 3. The van der Waals surface area contributed by atoms with Crippen molar-refractivity contribution in [3.8, 4) is 11.6 Å². The quantitative estimate of drug-likeness (QED) is 0.311. The van der Waals surface area contributed by atoms with Gasteiger partial charge in [-0.25, -0.2) is 22.6 Å². The molecule has 0 spiro atoms. The minimum atomic E-state index is -4.04. The van der Waals surface area contributed by atoms with Crippen LogP contribution in [-0.2, 0) is 29.1 Å². The van der Waals surface area contributed by atoms with Gasteiger partial charge in [-0.15, -0.1) is 0 Å². The van der Waals surface area contributed by atoms with E-state index in [0.717, 1.165) is 6.42 Å². The summed E-state index contributed by atoms with van der Waals surface area (Å²) in [5.74, 6) is -3.31. The van der Waals surface area contributed by atoms with Gasteiger partial charge in [0.1, 0.15) is 29.3 Å². The van der Waals surface area contributed by atoms with Gasteiger partial charge in [0, 0.05) is 23.9 Å². The number of benzene rings is 1. The minimum Gasteiger partial charge on any atom is -0.494 e. The average molecular weight is 800 g/mol. The molecule has 3 N–H and O–H groups in total. The van der Waals surface area contributed by atoms with Gasteiger partial charge in [0.2, 0.25) is 27.7 Å². The van der Waals surface area contributed by atoms with E-state index in [4.69, 9.17) is 14.2 Å². The van der Waals surface area contributed by atoms with Crippen molar-refractivity contribution >= 4 is 44.6 Å². The summed E-state index contributed by atoms with van der Waals surface area (Å²) in [4.78, 5) is 62.2. The second-order valence-corrected chi connectivity index (χ2v) is 19.1. The van der Waals surface area contributed by atoms with Gasteiger partial charge in [0.15, 0.2) is 11.6 Å². The lowest BCUT2D eigenvalue weighted by atomic mass is 9.88. The molecule has 1 aromatic heterocycles. The molecule has 2 aliphatic heterocycles. The third-order valence-corrected chi connectivity index (χ3v) is 13.9. The Morgan fingerprint density at radius 2 is 1.88 bits per heavy atom. The topological polar surface area (TPSA) is 182 Å². The van der Waals surface area contributed by atoms with Crippen LogP contribution in [0.5, 0.6) is 11.6 Å². The summed E-state index contributed by atoms with van der Waals surface area (Å²) in [5.41, 5.74) is -2.42. The van der Waals surface area contributed by atoms with Gasteiger partial charge in [0.05, 0.1) is 18.4 Å². The van der Waals surface area contributed by atoms with E-state index in [9.17, 15) is 32.0 Å². The molecule has 0 unspecified atom stereocenters. The van der Waals surface area contributed by atoms with Crippen molar-refractivity contribution < 1.29 is 46.2 Å². The van der Waals surface area contributed by atoms with Crippen molar-refractivity contribution in [2.75, 3.05) is 13.7 Å². The summed E-state index contributed by atoms with van der Waals surface area (Å²) >= 11 is 0. The molecule has 4 amide bonds. The summed E-state index contributed by atoms with van der Waals surface area (Å²) in [5, 5.41) is 6.59. The molecular weight excluding hydrogens is 746 g/mol. The number of ether oxygens (including phenoxy) is 3. The first kappa shape index (κ1) is 41.2. The third-order valence-electron chi connectivity index (χ3n) is 11.6. The number of carbonyl (C=O) groups excluding carboxylic acids is 4. The van der Waals surface area contributed by atoms with Crippen molar-refractivity contribution in [1.29, 1.82) is 0 Å². The highest BCUT2D eigenvalue weighted by molar-refractivity contribution is 7.91. The molecule has 3 heterocycles. The van der Waals surface area contributed by atoms with Gasteiger partial charge in [-0.1, -0.05) is 32.9 Å². The summed E-state index contributed by atoms with van der Waals surface area (Å²) in [6, 6.07) is 2.13. The summed E-state index contributed by atoms with van der Waals surface area (Å²) in [6.07, 6.45) is 6.97. The van der Waals surface area contributed by atoms with Gasteiger partial charge in [-0.2, -0.15) is 0 Å². The number of methoxy groups -OCH3 is 1. The summed E-state index contributed by atoms with van der Waals surface area (Å²) < 4.78 is 60.0. The normalized spacial score (nSPS) is 29.8. The number of hydrogen-bond acceptors (Lipinski definition) is 10. The van der Waals surface area contributed by atoms with E-state index in [1.54, 1.807) is 33.8 Å². The summed E-state index contributed by atoms with van der Waals surface area (Å²) in [6.45, 7) is 10.7. The first-order chi connectivity index (χ1) is 26.3. The molecule has 0 bridgehead atoms. The van der Waals surface area contributed by atoms with E-state index in [-0.39, 0.29) is 42.9 Å². The molecular formula is C40H54FN5O9S. The Morgan fingerprint density at radius 1 is 1.14 bits per heavy atom. The van der Waals surface area contributed by atoms with Crippen LogP contribution in [0.2, 0.25) is 0 Å². The van der Waals surface area contributed by atoms with E-state index in [1.807, 2.05) is 19.1 Å². The van der Waals surface area contributed by atoms with Crippen LogP contribution in [0.4, 0.5) is 9.18 Å². The number of fused-ring (bicyclic) bond motifs is 3. The molecule has 6 rings (SSSR count). The molecule has 306 valence electrons. The Balaban J connectivity index is 1.36. The van der Waals surface area contributed by atoms with Crippen molar-refractivity contribution in [2.24, 2.45) is 17.8 Å². The molecule has 0 radical (unpaired) electrons. The van der Waals surface area contributed by atoms with E-state index in [1.165, 1.54) is 30.3 Å². The standard InChI is InChI=1S/C40H54FN5O9S/c1-8-39(14-15-39)56(51,52)45-36(49)40-21-26(40)12-10-9-11-23(2)17-24(3)32(43-37(50)55-38(4,5)6)35(48)46-22-27(19-30(46)33(47)44-40)54-34-28-20-29(41)31(53-7)18-25(28)13-16-42-34/h10,12-13,16,18,20,23-24,26-27,30,32H,8-9,11,14-15,17,19,21-22H2,1-7H3,(H,43,50)(H,44,47)(H,45,49)/b12-10-/t23-,24-,26-,27-,30+,32+,40-/m1/s1. The fourth-order valence-electron chi connectivity index (χ4n) is 8.08. The van der Waals surface area contributed by atoms with Crippen LogP contribution < -0.4 is 24.8 Å². The number of alkyl carbamates (subject to hydrolysis) is 1. The number of nitrogens with one attached hydrogen (secondary N) is 3. The number of sulfonamides is 1. The number of pyridine rings is 1. The van der Waals surface area contributed by atoms with Crippen LogP contribution in [0.25, 0.3) is 10.8 Å². The Labute approximate surface area is 327 Å². The van der Waals surface area contributed by atoms with Gasteiger partial charge in [-0.05, 0) is 101 Å². The van der Waals surface area contributed by atoms with Crippen LogP contribution >= 0.6 is 0 Å². The van der Waals surface area contributed by atoms with Crippen molar-refractivity contribution in [3.63, 3.8) is 0 Å². The molecule has 2 saturated carbocycles. The van der Waals surface area contributed by atoms with Crippen LogP contribution in [0, 0.1) is 23.6 Å². The van der Waals surface area contributed by atoms with Gasteiger partial charge in [-0.3, -0.25) is 19.1 Å². The predicted molar refractivity (Wildman–Crippen MR) is 206 cm³/mol. The lowest BCUT2D eigenvalue weighted by molar-refractivity contribution is -0.142. The number of aromatic nitrogens is 1. The van der Waals surface area contributed by atoms with Crippen LogP contribution in [0.1, 0.15) is 92.9 Å². The largest absolute Gasteiger partial charge is 0.494 e. The predicted octanol–water partition coefficient (Wildman–Crippen LogP) is 4.90. The van der Waals surface area contributed by atoms with E-state index >= 15 is 0 Å². The highest BCUT2D eigenvalue weighted by Crippen LogP contribution is 2.49. The number of rotatable bonds is 8. The molecule has 2 aliphatic carbocycles. The maximum atomic E-state index is 14.9. The number of nitrogens with zero attached hydrogens (tertiary/aromatic N) is 2. The van der Waals surface area contributed by atoms with Gasteiger partial charge >= 0.3 is 6.09 Å². The van der Waals surface area contributed by atoms with E-state index in [0.29, 0.717) is 42.9 Å². The van der Waals surface area contributed by atoms with Crippen molar-refractivity contribution in [1.82, 2.24) is 25.2 Å². The first-order valence-corrected chi connectivity index (χ1v) is 20.9. The summed E-state index contributed by atoms with van der Waals surface area (Å²) in [7, 11) is -2.68. The lowest BCUT2D eigenvalue weighted by Gasteiger charge is -2.33. The zero-order valence-electron chi connectivity index (χ0n) is 33.1. The van der Waals surface area contributed by atoms with Crippen molar-refractivity contribution in [2.45, 2.75) is 127 Å². The highest BCUT2D eigenvalue weighted by Gasteiger charge is 2.63. The van der Waals surface area contributed by atoms with E-state index < -0.39 is 79.6 Å². The van der Waals surface area contributed by atoms with Gasteiger partial charge in [0.25, 0.3) is 5.91 Å². The van der Waals surface area contributed by atoms with Crippen LogP contribution in [0.3, 0.4) is 0 Å². The minimum absolute atomic E-state index is 0.0386. The molecule has 7 atom stereocenters. The Morgan fingerprint density at radius 3 is 2.54 bits per heavy atom. The molecule has 2 aromatic rings. The second kappa shape index (κ2) is 15.5. The van der Waals surface area contributed by atoms with Crippen LogP contribution in [0.15, 0.2) is 36.5 Å². The highest BCUT2D eigenvalue weighted by atomic mass is 32.2. The Kier molecular flexibility index (Phi) is 11.4. The molecule has 56 heavy (non-hydrogen) atoms. The average Bonchev–Trinajstić information content (AvgIpc) is 4.02. The van der Waals surface area contributed by atoms with Crippen LogP contribution in [-0.4, -0.2) is 89.8 Å². The second-order valence-electron chi connectivity index (χ2n) is 17.0. The molecule has 1 saturated heterocycles. The smallest absolute Gasteiger partial charge is 0.408 e. The molecule has 1 aromatic carbocycles. The van der Waals surface area contributed by atoms with E-state index in [2.05, 4.69) is 27.3 Å². The number of carbonyl (C=O) groups is 4. The molecule has 4 aliphatic rings. The Hall–Kier alpha value is -4.47. The molecule has 14 nitrogen and oxygen atoms in total. The maximum absolute atomic E-state index is 14.9. The maximum Gasteiger partial charge on any atom is 0.408 e.